The lowest BCUT2D eigenvalue weighted by molar-refractivity contribution is 0.147. The number of nitrogens with one attached hydrogen (secondary N) is 1. The second-order valence-electron chi connectivity index (χ2n) is 3.94. The van der Waals surface area contributed by atoms with Crippen molar-refractivity contribution in [1.82, 2.24) is 5.32 Å². The zero-order chi connectivity index (χ0) is 12.0. The van der Waals surface area contributed by atoms with Crippen molar-refractivity contribution in [1.29, 1.82) is 0 Å². The van der Waals surface area contributed by atoms with Crippen molar-refractivity contribution < 1.29 is 9.84 Å². The first-order valence-electron chi connectivity index (χ1n) is 5.75. The molecule has 0 radical (unpaired) electrons. The molecule has 1 aromatic rings. The molecule has 3 nitrogen and oxygen atoms in total. The van der Waals surface area contributed by atoms with Gasteiger partial charge in [-0.15, -0.1) is 0 Å². The minimum absolute atomic E-state index is 0.140. The zero-order valence-electron chi connectivity index (χ0n) is 10.3. The van der Waals surface area contributed by atoms with Crippen LogP contribution in [-0.2, 0) is 4.74 Å². The van der Waals surface area contributed by atoms with Crippen LogP contribution in [0.4, 0.5) is 0 Å². The van der Waals surface area contributed by atoms with E-state index >= 15 is 0 Å². The second kappa shape index (κ2) is 6.51. The van der Waals surface area contributed by atoms with Crippen molar-refractivity contribution >= 4 is 0 Å². The van der Waals surface area contributed by atoms with E-state index in [1.54, 1.807) is 6.07 Å². The number of benzene rings is 1. The first kappa shape index (κ1) is 13.0. The number of hydrogen-bond acceptors (Lipinski definition) is 3. The number of phenols is 1. The summed E-state index contributed by atoms with van der Waals surface area (Å²) >= 11 is 0. The van der Waals surface area contributed by atoms with Gasteiger partial charge in [0.05, 0.1) is 6.61 Å². The quantitative estimate of drug-likeness (QED) is 0.728. The van der Waals surface area contributed by atoms with Gasteiger partial charge in [0, 0.05) is 24.8 Å². The molecule has 0 spiro atoms. The number of aryl methyl sites for hydroxylation is 1. The second-order valence-corrected chi connectivity index (χ2v) is 3.94. The third-order valence-electron chi connectivity index (χ3n) is 2.55. The molecule has 1 rings (SSSR count). The monoisotopic (exact) mass is 223 g/mol. The summed E-state index contributed by atoms with van der Waals surface area (Å²) < 4.78 is 5.24. The van der Waals surface area contributed by atoms with Gasteiger partial charge in [-0.05, 0) is 32.4 Å². The van der Waals surface area contributed by atoms with Crippen LogP contribution < -0.4 is 5.32 Å². The third-order valence-corrected chi connectivity index (χ3v) is 2.55. The summed E-state index contributed by atoms with van der Waals surface area (Å²) in [7, 11) is 0. The molecule has 0 saturated heterocycles. The van der Waals surface area contributed by atoms with E-state index in [2.05, 4.69) is 5.32 Å². The molecule has 0 heterocycles. The molecule has 0 bridgehead atoms. The predicted octanol–water partition coefficient (Wildman–Crippen LogP) is 2.39. The molecule has 0 aliphatic carbocycles. The van der Waals surface area contributed by atoms with E-state index in [0.29, 0.717) is 12.4 Å². The summed E-state index contributed by atoms with van der Waals surface area (Å²) in [5, 5.41) is 13.1. The first-order valence-corrected chi connectivity index (χ1v) is 5.75. The highest BCUT2D eigenvalue weighted by Crippen LogP contribution is 2.24. The Balaban J connectivity index is 2.49. The predicted molar refractivity (Wildman–Crippen MR) is 65.8 cm³/mol. The Kier molecular flexibility index (Phi) is 5.29. The number of aromatic hydroxyl groups is 1. The van der Waals surface area contributed by atoms with Gasteiger partial charge in [-0.2, -0.15) is 0 Å². The van der Waals surface area contributed by atoms with Gasteiger partial charge in [0.25, 0.3) is 0 Å². The van der Waals surface area contributed by atoms with Crippen molar-refractivity contribution in [2.45, 2.75) is 26.8 Å². The first-order chi connectivity index (χ1) is 7.65. The fourth-order valence-electron chi connectivity index (χ4n) is 1.62. The Morgan fingerprint density at radius 1 is 1.44 bits per heavy atom. The van der Waals surface area contributed by atoms with Crippen molar-refractivity contribution in [3.05, 3.63) is 29.3 Å². The lowest BCUT2D eigenvalue weighted by atomic mass is 10.1. The van der Waals surface area contributed by atoms with Crippen LogP contribution in [0.3, 0.4) is 0 Å². The van der Waals surface area contributed by atoms with E-state index in [4.69, 9.17) is 4.74 Å². The Hall–Kier alpha value is -1.06. The lowest BCUT2D eigenvalue weighted by Crippen LogP contribution is -2.23. The molecule has 3 heteroatoms. The highest BCUT2D eigenvalue weighted by molar-refractivity contribution is 5.37. The fourth-order valence-corrected chi connectivity index (χ4v) is 1.62. The summed E-state index contributed by atoms with van der Waals surface area (Å²) in [4.78, 5) is 0. The molecule has 1 atom stereocenters. The van der Waals surface area contributed by atoms with Crippen molar-refractivity contribution in [2.75, 3.05) is 19.8 Å². The maximum absolute atomic E-state index is 9.79. The average Bonchev–Trinajstić information content (AvgIpc) is 2.24. The number of rotatable bonds is 6. The van der Waals surface area contributed by atoms with Crippen LogP contribution in [0.25, 0.3) is 0 Å². The highest BCUT2D eigenvalue weighted by Gasteiger charge is 2.09. The Labute approximate surface area is 97.4 Å². The van der Waals surface area contributed by atoms with Crippen LogP contribution >= 0.6 is 0 Å². The molecule has 0 saturated carbocycles. The molecule has 0 aromatic heterocycles. The van der Waals surface area contributed by atoms with E-state index in [1.165, 1.54) is 0 Å². The van der Waals surface area contributed by atoms with Crippen molar-refractivity contribution in [2.24, 2.45) is 0 Å². The molecule has 1 unspecified atom stereocenters. The van der Waals surface area contributed by atoms with E-state index < -0.39 is 0 Å². The fraction of sp³-hybridized carbons (Fsp3) is 0.538. The number of ether oxygens (including phenoxy) is 1. The average molecular weight is 223 g/mol. The number of hydrogen-bond donors (Lipinski definition) is 2. The zero-order valence-corrected chi connectivity index (χ0v) is 10.3. The molecule has 0 amide bonds. The van der Waals surface area contributed by atoms with Crippen LogP contribution in [0.5, 0.6) is 5.75 Å². The van der Waals surface area contributed by atoms with E-state index in [1.807, 2.05) is 32.9 Å². The Morgan fingerprint density at radius 3 is 2.81 bits per heavy atom. The molecule has 0 aliphatic rings. The minimum atomic E-state index is 0.140. The molecule has 0 aliphatic heterocycles. The molecular formula is C13H21NO2. The third kappa shape index (κ3) is 3.83. The topological polar surface area (TPSA) is 41.5 Å². The van der Waals surface area contributed by atoms with Gasteiger partial charge >= 0.3 is 0 Å². The number of phenolic OH excluding ortho intramolecular Hbond substituents is 1. The molecule has 0 fully saturated rings. The van der Waals surface area contributed by atoms with Gasteiger partial charge in [-0.1, -0.05) is 12.1 Å². The van der Waals surface area contributed by atoms with Gasteiger partial charge in [0.15, 0.2) is 0 Å². The van der Waals surface area contributed by atoms with Crippen molar-refractivity contribution in [3.8, 4) is 5.75 Å². The standard InChI is InChI=1S/C13H21NO2/c1-4-16-8-7-14-11(3)12-6-5-10(2)9-13(12)15/h5-6,9,11,14-15H,4,7-8H2,1-3H3. The molecule has 1 aromatic carbocycles. The summed E-state index contributed by atoms with van der Waals surface area (Å²) in [5.41, 5.74) is 2.00. The molecule has 16 heavy (non-hydrogen) atoms. The molecule has 2 N–H and O–H groups in total. The van der Waals surface area contributed by atoms with Crippen LogP contribution in [0, 0.1) is 6.92 Å². The highest BCUT2D eigenvalue weighted by atomic mass is 16.5. The maximum Gasteiger partial charge on any atom is 0.120 e. The van der Waals surface area contributed by atoms with Crippen LogP contribution in [-0.4, -0.2) is 24.9 Å². The largest absolute Gasteiger partial charge is 0.508 e. The van der Waals surface area contributed by atoms with Crippen LogP contribution in [0.2, 0.25) is 0 Å². The van der Waals surface area contributed by atoms with E-state index in [9.17, 15) is 5.11 Å². The maximum atomic E-state index is 9.79. The van der Waals surface area contributed by atoms with E-state index in [0.717, 1.165) is 24.3 Å². The summed E-state index contributed by atoms with van der Waals surface area (Å²) in [6.07, 6.45) is 0. The van der Waals surface area contributed by atoms with Gasteiger partial charge in [0.2, 0.25) is 0 Å². The van der Waals surface area contributed by atoms with Crippen LogP contribution in [0.15, 0.2) is 18.2 Å². The Bertz CT molecular complexity index is 326. The SMILES string of the molecule is CCOCCNC(C)c1ccc(C)cc1O. The van der Waals surface area contributed by atoms with Gasteiger partial charge in [0.1, 0.15) is 5.75 Å². The van der Waals surface area contributed by atoms with Gasteiger partial charge in [-0.3, -0.25) is 0 Å². The smallest absolute Gasteiger partial charge is 0.120 e. The van der Waals surface area contributed by atoms with Crippen LogP contribution in [0.1, 0.15) is 31.0 Å². The summed E-state index contributed by atoms with van der Waals surface area (Å²) in [6, 6.07) is 5.90. The summed E-state index contributed by atoms with van der Waals surface area (Å²) in [5.74, 6) is 0.358. The van der Waals surface area contributed by atoms with E-state index in [-0.39, 0.29) is 6.04 Å². The minimum Gasteiger partial charge on any atom is -0.508 e. The van der Waals surface area contributed by atoms with Crippen molar-refractivity contribution in [3.63, 3.8) is 0 Å². The van der Waals surface area contributed by atoms with Gasteiger partial charge < -0.3 is 15.2 Å². The van der Waals surface area contributed by atoms with Gasteiger partial charge in [-0.25, -0.2) is 0 Å². The molecular weight excluding hydrogens is 202 g/mol. The molecule has 90 valence electrons. The summed E-state index contributed by atoms with van der Waals surface area (Å²) in [6.45, 7) is 8.23. The normalized spacial score (nSPS) is 12.7. The Morgan fingerprint density at radius 2 is 2.19 bits per heavy atom. The lowest BCUT2D eigenvalue weighted by Gasteiger charge is -2.15.